The lowest BCUT2D eigenvalue weighted by atomic mass is 10.0. The van der Waals surface area contributed by atoms with Gasteiger partial charge in [-0.1, -0.05) is 12.1 Å². The van der Waals surface area contributed by atoms with Gasteiger partial charge in [-0.3, -0.25) is 14.7 Å². The number of benzene rings is 1. The zero-order chi connectivity index (χ0) is 26.5. The first-order chi connectivity index (χ1) is 18.5. The van der Waals surface area contributed by atoms with Crippen molar-refractivity contribution in [2.75, 3.05) is 37.4 Å². The zero-order valence-electron chi connectivity index (χ0n) is 22.6. The number of nitrogen functional groups attached to an aromatic ring is 1. The largest absolute Gasteiger partial charge is 0.384 e. The van der Waals surface area contributed by atoms with Gasteiger partial charge >= 0.3 is 0 Å². The Morgan fingerprint density at radius 3 is 2.74 bits per heavy atom. The number of anilines is 2. The summed E-state index contributed by atoms with van der Waals surface area (Å²) in [6, 6.07) is 16.2. The summed E-state index contributed by atoms with van der Waals surface area (Å²) >= 11 is 0. The first kappa shape index (κ1) is 28.5. The van der Waals surface area contributed by atoms with Crippen LogP contribution in [0.25, 0.3) is 10.9 Å². The molecule has 9 heteroatoms. The first-order valence-corrected chi connectivity index (χ1v) is 13.2. The van der Waals surface area contributed by atoms with E-state index in [1.165, 1.54) is 5.56 Å². The molecular weight excluding hydrogens is 512 g/mol. The number of ether oxygens (including phenoxy) is 1. The van der Waals surface area contributed by atoms with Crippen molar-refractivity contribution in [2.24, 2.45) is 0 Å². The fraction of sp³-hybridized carbons (Fsp3) is 0.367. The number of halogens is 1. The van der Waals surface area contributed by atoms with Crippen molar-refractivity contribution in [1.82, 2.24) is 19.4 Å². The number of nitrogens with two attached hydrogens (primary N) is 1. The van der Waals surface area contributed by atoms with Crippen LogP contribution in [0.15, 0.2) is 71.9 Å². The van der Waals surface area contributed by atoms with Crippen LogP contribution in [0, 0.1) is 6.92 Å². The molecule has 1 aliphatic heterocycles. The Balaban J connectivity index is 0.00000353. The molecule has 0 unspecified atom stereocenters. The number of fused-ring (bicyclic) bond motifs is 1. The minimum absolute atomic E-state index is 0. The summed E-state index contributed by atoms with van der Waals surface area (Å²) in [5.74, 6) is 0.526. The number of hydrogen-bond donors (Lipinski definition) is 1. The molecule has 1 aromatic carbocycles. The molecule has 0 saturated carbocycles. The first-order valence-electron chi connectivity index (χ1n) is 13.2. The maximum atomic E-state index is 13.7. The van der Waals surface area contributed by atoms with E-state index in [1.807, 2.05) is 61.9 Å². The fourth-order valence-corrected chi connectivity index (χ4v) is 5.43. The molecule has 1 fully saturated rings. The van der Waals surface area contributed by atoms with Crippen LogP contribution in [0.1, 0.15) is 29.7 Å². The molecule has 0 aliphatic carbocycles. The second-order valence-corrected chi connectivity index (χ2v) is 10.1. The Kier molecular flexibility index (Phi) is 9.56. The molecule has 1 atom stereocenters. The smallest absolute Gasteiger partial charge is 0.193 e. The highest BCUT2D eigenvalue weighted by atomic mass is 35.5. The van der Waals surface area contributed by atoms with E-state index in [4.69, 9.17) is 10.5 Å². The molecule has 8 nitrogen and oxygen atoms in total. The topological polar surface area (TPSA) is 89.5 Å². The third kappa shape index (κ3) is 6.76. The number of rotatable bonds is 9. The molecule has 2 N–H and O–H groups in total. The van der Waals surface area contributed by atoms with Gasteiger partial charge in [0.2, 0.25) is 0 Å². The van der Waals surface area contributed by atoms with Gasteiger partial charge in [0, 0.05) is 74.9 Å². The molecule has 0 spiro atoms. The number of nitrogens with zero attached hydrogens (tertiary/aromatic N) is 5. The predicted octanol–water partition coefficient (Wildman–Crippen LogP) is 4.42. The Morgan fingerprint density at radius 2 is 1.97 bits per heavy atom. The average molecular weight is 549 g/mol. The van der Waals surface area contributed by atoms with Gasteiger partial charge in [0.25, 0.3) is 0 Å². The van der Waals surface area contributed by atoms with E-state index in [0.717, 1.165) is 60.3 Å². The highest BCUT2D eigenvalue weighted by Gasteiger charge is 2.27. The summed E-state index contributed by atoms with van der Waals surface area (Å²) < 4.78 is 7.51. The minimum Gasteiger partial charge on any atom is -0.384 e. The van der Waals surface area contributed by atoms with E-state index in [1.54, 1.807) is 7.11 Å². The van der Waals surface area contributed by atoms with Crippen molar-refractivity contribution < 1.29 is 4.74 Å². The summed E-state index contributed by atoms with van der Waals surface area (Å²) in [7, 11) is 1.70. The summed E-state index contributed by atoms with van der Waals surface area (Å²) in [5, 5.41) is 0.749. The summed E-state index contributed by atoms with van der Waals surface area (Å²) in [6.07, 6.45) is 7.87. The lowest BCUT2D eigenvalue weighted by molar-refractivity contribution is 0.157. The van der Waals surface area contributed by atoms with Crippen LogP contribution in [0.4, 0.5) is 11.5 Å². The van der Waals surface area contributed by atoms with Gasteiger partial charge in [-0.2, -0.15) is 0 Å². The van der Waals surface area contributed by atoms with E-state index in [0.29, 0.717) is 25.5 Å². The van der Waals surface area contributed by atoms with Gasteiger partial charge in [0.1, 0.15) is 5.82 Å². The summed E-state index contributed by atoms with van der Waals surface area (Å²) in [5.41, 5.74) is 10.9. The van der Waals surface area contributed by atoms with Crippen LogP contribution >= 0.6 is 12.4 Å². The fourth-order valence-electron chi connectivity index (χ4n) is 5.43. The van der Waals surface area contributed by atoms with E-state index in [9.17, 15) is 4.79 Å². The van der Waals surface area contributed by atoms with Gasteiger partial charge in [0.15, 0.2) is 5.43 Å². The number of aromatic nitrogens is 3. The second-order valence-electron chi connectivity index (χ2n) is 10.1. The Labute approximate surface area is 235 Å². The molecular formula is C30H37ClN6O2. The monoisotopic (exact) mass is 548 g/mol. The van der Waals surface area contributed by atoms with Gasteiger partial charge in [-0.05, 0) is 61.7 Å². The molecule has 0 amide bonds. The Morgan fingerprint density at radius 1 is 1.13 bits per heavy atom. The molecule has 39 heavy (non-hydrogen) atoms. The maximum Gasteiger partial charge on any atom is 0.193 e. The normalized spacial score (nSPS) is 15.5. The predicted molar refractivity (Wildman–Crippen MR) is 159 cm³/mol. The second kappa shape index (κ2) is 13.1. The number of methoxy groups -OCH3 is 1. The van der Waals surface area contributed by atoms with Gasteiger partial charge in [-0.15, -0.1) is 12.4 Å². The van der Waals surface area contributed by atoms with Crippen molar-refractivity contribution in [1.29, 1.82) is 0 Å². The quantitative estimate of drug-likeness (QED) is 0.331. The van der Waals surface area contributed by atoms with E-state index in [2.05, 4.69) is 36.5 Å². The van der Waals surface area contributed by atoms with Crippen molar-refractivity contribution in [3.05, 3.63) is 94.2 Å². The minimum atomic E-state index is 0. The van der Waals surface area contributed by atoms with Crippen LogP contribution in [0.5, 0.6) is 0 Å². The molecule has 0 bridgehead atoms. The Hall–Kier alpha value is -3.46. The van der Waals surface area contributed by atoms with Crippen molar-refractivity contribution in [3.8, 4) is 0 Å². The molecule has 3 aromatic heterocycles. The van der Waals surface area contributed by atoms with Gasteiger partial charge < -0.3 is 19.9 Å². The summed E-state index contributed by atoms with van der Waals surface area (Å²) in [6.45, 7) is 6.44. The van der Waals surface area contributed by atoms with Crippen molar-refractivity contribution in [2.45, 2.75) is 45.4 Å². The molecule has 1 saturated heterocycles. The van der Waals surface area contributed by atoms with Crippen LogP contribution in [-0.2, 0) is 24.4 Å². The van der Waals surface area contributed by atoms with E-state index in [-0.39, 0.29) is 23.9 Å². The lowest BCUT2D eigenvalue weighted by Crippen LogP contribution is -2.48. The Bertz CT molecular complexity index is 1440. The third-order valence-corrected chi connectivity index (χ3v) is 7.37. The lowest BCUT2D eigenvalue weighted by Gasteiger charge is -2.40. The molecule has 206 valence electrons. The average Bonchev–Trinajstić information content (AvgIpc) is 2.94. The van der Waals surface area contributed by atoms with Crippen molar-refractivity contribution in [3.63, 3.8) is 0 Å². The van der Waals surface area contributed by atoms with Crippen molar-refractivity contribution >= 4 is 34.8 Å². The van der Waals surface area contributed by atoms with Gasteiger partial charge in [0.05, 0.1) is 24.0 Å². The van der Waals surface area contributed by atoms with Crippen LogP contribution in [0.2, 0.25) is 0 Å². The maximum absolute atomic E-state index is 13.7. The SMILES string of the molecule is COCCn1cc(CN(Cc2ccnc(C)c2)[C@H]2CCCN(c3ccc(N)nc3)C2)c(=O)c2ccccc21.Cl. The van der Waals surface area contributed by atoms with Crippen LogP contribution in [0.3, 0.4) is 0 Å². The number of aryl methyl sites for hydroxylation is 1. The molecule has 1 aliphatic rings. The van der Waals surface area contributed by atoms with Crippen LogP contribution < -0.4 is 16.1 Å². The van der Waals surface area contributed by atoms with E-state index < -0.39 is 0 Å². The zero-order valence-corrected chi connectivity index (χ0v) is 23.4. The number of piperidine rings is 1. The molecule has 5 rings (SSSR count). The molecule has 4 aromatic rings. The number of para-hydroxylation sites is 1. The molecule has 0 radical (unpaired) electrons. The number of hydrogen-bond acceptors (Lipinski definition) is 7. The van der Waals surface area contributed by atoms with Crippen LogP contribution in [-0.4, -0.2) is 52.3 Å². The third-order valence-electron chi connectivity index (χ3n) is 7.37. The highest BCUT2D eigenvalue weighted by molar-refractivity contribution is 5.85. The molecule has 4 heterocycles. The highest BCUT2D eigenvalue weighted by Crippen LogP contribution is 2.25. The summed E-state index contributed by atoms with van der Waals surface area (Å²) in [4.78, 5) is 27.2. The number of pyridine rings is 3. The standard InChI is InChI=1S/C30H36N6O2.ClH/c1-22-16-23(11-12-32-22)18-36(26-6-5-13-34(21-26)25-9-10-29(31)33-17-25)20-24-19-35(14-15-38-2)28-8-4-3-7-27(28)30(24)37;/h3-4,7-12,16-17,19,26H,5-6,13-15,18,20-21H2,1-2H3,(H2,31,33);1H/t26-;/m0./s1. The van der Waals surface area contributed by atoms with E-state index >= 15 is 0 Å². The van der Waals surface area contributed by atoms with Gasteiger partial charge in [-0.25, -0.2) is 4.98 Å².